The zero-order valence-electron chi connectivity index (χ0n) is 12.6. The highest BCUT2D eigenvalue weighted by atomic mass is 32.1. The maximum absolute atomic E-state index is 11.4. The van der Waals surface area contributed by atoms with Gasteiger partial charge in [0.2, 0.25) is 0 Å². The summed E-state index contributed by atoms with van der Waals surface area (Å²) in [5.74, 6) is -0.895. The van der Waals surface area contributed by atoms with Gasteiger partial charge in [0.1, 0.15) is 4.88 Å². The van der Waals surface area contributed by atoms with Crippen LogP contribution in [-0.4, -0.2) is 41.4 Å². The average molecular weight is 298 g/mol. The monoisotopic (exact) mass is 298 g/mol. The van der Waals surface area contributed by atoms with Gasteiger partial charge in [-0.1, -0.05) is 32.1 Å². The van der Waals surface area contributed by atoms with Crippen molar-refractivity contribution in [1.82, 2.24) is 4.98 Å². The van der Waals surface area contributed by atoms with Crippen molar-refractivity contribution in [2.45, 2.75) is 52.2 Å². The van der Waals surface area contributed by atoms with Crippen LogP contribution in [-0.2, 0) is 10.2 Å². The minimum Gasteiger partial charge on any atom is -0.477 e. The third kappa shape index (κ3) is 3.12. The molecule has 0 bridgehead atoms. The molecule has 1 aliphatic rings. The number of aromatic carboxylic acids is 1. The van der Waals surface area contributed by atoms with Crippen LogP contribution in [0, 0.1) is 0 Å². The van der Waals surface area contributed by atoms with Crippen molar-refractivity contribution in [3.8, 4) is 0 Å². The minimum absolute atomic E-state index is 0.133. The molecule has 0 aliphatic carbocycles. The number of ether oxygens (including phenoxy) is 1. The van der Waals surface area contributed by atoms with E-state index >= 15 is 0 Å². The highest BCUT2D eigenvalue weighted by molar-refractivity contribution is 7.17. The SMILES string of the molecule is CC1CN(c2nc(C(C)(C)C)c(C(=O)O)s2)CC(C)O1. The van der Waals surface area contributed by atoms with Gasteiger partial charge in [0, 0.05) is 18.5 Å². The molecule has 1 aromatic rings. The standard InChI is InChI=1S/C14H22N2O3S/c1-8-6-16(7-9(2)19-8)13-15-11(14(3,4)5)10(20-13)12(17)18/h8-9H,6-7H2,1-5H3,(H,17,18). The third-order valence-corrected chi connectivity index (χ3v) is 4.31. The van der Waals surface area contributed by atoms with Crippen molar-refractivity contribution in [1.29, 1.82) is 0 Å². The summed E-state index contributed by atoms with van der Waals surface area (Å²) in [5.41, 5.74) is 0.392. The first-order chi connectivity index (χ1) is 9.18. The Bertz CT molecular complexity index is 497. The second kappa shape index (κ2) is 5.33. The van der Waals surface area contributed by atoms with Crippen molar-refractivity contribution in [3.63, 3.8) is 0 Å². The Kier molecular flexibility index (Phi) is 4.07. The van der Waals surface area contributed by atoms with E-state index in [-0.39, 0.29) is 17.6 Å². The molecule has 0 spiro atoms. The van der Waals surface area contributed by atoms with Crippen LogP contribution in [0.15, 0.2) is 0 Å². The molecular formula is C14H22N2O3S. The number of hydrogen-bond donors (Lipinski definition) is 1. The number of carbonyl (C=O) groups is 1. The van der Waals surface area contributed by atoms with Gasteiger partial charge in [-0.3, -0.25) is 0 Å². The zero-order valence-corrected chi connectivity index (χ0v) is 13.5. The highest BCUT2D eigenvalue weighted by Gasteiger charge is 2.31. The van der Waals surface area contributed by atoms with Crippen LogP contribution in [0.4, 0.5) is 5.13 Å². The molecule has 0 radical (unpaired) electrons. The van der Waals surface area contributed by atoms with Crippen LogP contribution < -0.4 is 4.90 Å². The molecular weight excluding hydrogens is 276 g/mol. The van der Waals surface area contributed by atoms with Crippen molar-refractivity contribution in [2.24, 2.45) is 0 Å². The summed E-state index contributed by atoms with van der Waals surface area (Å²) in [4.78, 5) is 18.5. The van der Waals surface area contributed by atoms with Crippen LogP contribution in [0.25, 0.3) is 0 Å². The summed E-state index contributed by atoms with van der Waals surface area (Å²) in [6.07, 6.45) is 0.267. The molecule has 2 heterocycles. The number of aromatic nitrogens is 1. The molecule has 0 saturated carbocycles. The molecule has 2 rings (SSSR count). The lowest BCUT2D eigenvalue weighted by atomic mass is 9.91. The van der Waals surface area contributed by atoms with E-state index in [0.717, 1.165) is 18.2 Å². The molecule has 1 aliphatic heterocycles. The fourth-order valence-electron chi connectivity index (χ4n) is 2.43. The van der Waals surface area contributed by atoms with E-state index < -0.39 is 5.97 Å². The fraction of sp³-hybridized carbons (Fsp3) is 0.714. The first kappa shape index (κ1) is 15.3. The van der Waals surface area contributed by atoms with Crippen LogP contribution in [0.1, 0.15) is 50.0 Å². The number of hydrogen-bond acceptors (Lipinski definition) is 5. The first-order valence-electron chi connectivity index (χ1n) is 6.83. The van der Waals surface area contributed by atoms with Crippen molar-refractivity contribution in [2.75, 3.05) is 18.0 Å². The third-order valence-electron chi connectivity index (χ3n) is 3.21. The molecule has 5 nitrogen and oxygen atoms in total. The van der Waals surface area contributed by atoms with Gasteiger partial charge in [-0.25, -0.2) is 9.78 Å². The Morgan fingerprint density at radius 3 is 2.30 bits per heavy atom. The maximum Gasteiger partial charge on any atom is 0.347 e. The average Bonchev–Trinajstić information content (AvgIpc) is 2.71. The number of anilines is 1. The molecule has 0 amide bonds. The minimum atomic E-state index is -0.895. The molecule has 1 aromatic heterocycles. The normalized spacial score (nSPS) is 23.9. The van der Waals surface area contributed by atoms with E-state index in [1.807, 2.05) is 34.6 Å². The molecule has 1 N–H and O–H groups in total. The number of morpholine rings is 1. The Hall–Kier alpha value is -1.14. The van der Waals surface area contributed by atoms with Gasteiger partial charge in [0.05, 0.1) is 17.9 Å². The van der Waals surface area contributed by atoms with E-state index in [1.54, 1.807) is 0 Å². The van der Waals surface area contributed by atoms with Gasteiger partial charge in [0.15, 0.2) is 5.13 Å². The summed E-state index contributed by atoms with van der Waals surface area (Å²) in [6.45, 7) is 11.5. The number of thiazole rings is 1. The molecule has 0 aromatic carbocycles. The zero-order chi connectivity index (χ0) is 15.1. The fourth-order valence-corrected chi connectivity index (χ4v) is 3.56. The van der Waals surface area contributed by atoms with Gasteiger partial charge in [-0.05, 0) is 13.8 Å². The molecule has 2 atom stereocenters. The number of nitrogens with zero attached hydrogens (tertiary/aromatic N) is 2. The van der Waals surface area contributed by atoms with E-state index in [0.29, 0.717) is 10.6 Å². The number of carboxylic acids is 1. The van der Waals surface area contributed by atoms with Crippen LogP contribution in [0.2, 0.25) is 0 Å². The predicted octanol–water partition coefficient (Wildman–Crippen LogP) is 2.75. The Morgan fingerprint density at radius 1 is 1.35 bits per heavy atom. The molecule has 1 fully saturated rings. The number of rotatable bonds is 2. The van der Waals surface area contributed by atoms with Gasteiger partial charge < -0.3 is 14.7 Å². The van der Waals surface area contributed by atoms with Gasteiger partial charge in [-0.2, -0.15) is 0 Å². The van der Waals surface area contributed by atoms with Crippen LogP contribution in [0.5, 0.6) is 0 Å². The second-order valence-electron chi connectivity index (χ2n) is 6.39. The summed E-state index contributed by atoms with van der Waals surface area (Å²) in [5, 5.41) is 10.2. The Labute approximate surface area is 123 Å². The van der Waals surface area contributed by atoms with Crippen LogP contribution in [0.3, 0.4) is 0 Å². The summed E-state index contributed by atoms with van der Waals surface area (Å²) in [7, 11) is 0. The Balaban J connectivity index is 2.36. The van der Waals surface area contributed by atoms with Crippen molar-refractivity contribution >= 4 is 22.4 Å². The van der Waals surface area contributed by atoms with Gasteiger partial charge in [0.25, 0.3) is 0 Å². The van der Waals surface area contributed by atoms with Gasteiger partial charge in [-0.15, -0.1) is 0 Å². The second-order valence-corrected chi connectivity index (χ2v) is 7.37. The van der Waals surface area contributed by atoms with Crippen LogP contribution >= 0.6 is 11.3 Å². The maximum atomic E-state index is 11.4. The van der Waals surface area contributed by atoms with E-state index in [4.69, 9.17) is 4.74 Å². The molecule has 1 saturated heterocycles. The summed E-state index contributed by atoms with van der Waals surface area (Å²) >= 11 is 1.26. The topological polar surface area (TPSA) is 62.7 Å². The Morgan fingerprint density at radius 2 is 1.90 bits per heavy atom. The smallest absolute Gasteiger partial charge is 0.347 e. The quantitative estimate of drug-likeness (QED) is 0.909. The molecule has 2 unspecified atom stereocenters. The van der Waals surface area contributed by atoms with Crippen molar-refractivity contribution in [3.05, 3.63) is 10.6 Å². The summed E-state index contributed by atoms with van der Waals surface area (Å²) in [6, 6.07) is 0. The predicted molar refractivity (Wildman–Crippen MR) is 80.0 cm³/mol. The number of carboxylic acid groups (broad SMARTS) is 1. The lowest BCUT2D eigenvalue weighted by molar-refractivity contribution is -0.00524. The van der Waals surface area contributed by atoms with Crippen molar-refractivity contribution < 1.29 is 14.6 Å². The highest BCUT2D eigenvalue weighted by Crippen LogP contribution is 2.34. The summed E-state index contributed by atoms with van der Waals surface area (Å²) < 4.78 is 5.71. The van der Waals surface area contributed by atoms with E-state index in [1.165, 1.54) is 11.3 Å². The molecule has 20 heavy (non-hydrogen) atoms. The van der Waals surface area contributed by atoms with E-state index in [9.17, 15) is 9.90 Å². The van der Waals surface area contributed by atoms with E-state index in [2.05, 4.69) is 9.88 Å². The first-order valence-corrected chi connectivity index (χ1v) is 7.65. The lowest BCUT2D eigenvalue weighted by Crippen LogP contribution is -2.45. The largest absolute Gasteiger partial charge is 0.477 e. The lowest BCUT2D eigenvalue weighted by Gasteiger charge is -2.35. The molecule has 6 heteroatoms. The molecule has 112 valence electrons. The van der Waals surface area contributed by atoms with Gasteiger partial charge >= 0.3 is 5.97 Å².